The van der Waals surface area contributed by atoms with Crippen LogP contribution in [0.25, 0.3) is 5.32 Å². The molecule has 0 aromatic carbocycles. The van der Waals surface area contributed by atoms with Gasteiger partial charge in [-0.15, -0.1) is 13.1 Å². The van der Waals surface area contributed by atoms with Crippen molar-refractivity contribution < 1.29 is 20.4 Å². The molecule has 37 valence electrons. The van der Waals surface area contributed by atoms with Gasteiger partial charge >= 0.3 is 0 Å². The van der Waals surface area contributed by atoms with Crippen LogP contribution in [0.3, 0.4) is 0 Å². The topological polar surface area (TPSA) is 14.1 Å². The summed E-state index contributed by atoms with van der Waals surface area (Å²) in [5.41, 5.74) is 0. The maximum atomic E-state index is 4.09. The van der Waals surface area contributed by atoms with Gasteiger partial charge in [-0.3, -0.25) is 0 Å². The van der Waals surface area contributed by atoms with Gasteiger partial charge < -0.3 is 5.32 Å². The quantitative estimate of drug-likeness (QED) is 0.624. The molecule has 0 aliphatic carbocycles. The summed E-state index contributed by atoms with van der Waals surface area (Å²) in [6.07, 6.45) is 0. The first-order valence-corrected chi connectivity index (χ1v) is 2.22. The zero-order valence-corrected chi connectivity index (χ0v) is 6.87. The number of thiol groups is 1. The van der Waals surface area contributed by atoms with E-state index in [2.05, 4.69) is 17.9 Å². The van der Waals surface area contributed by atoms with Crippen molar-refractivity contribution in [1.29, 1.82) is 0 Å². The van der Waals surface area contributed by atoms with Crippen molar-refractivity contribution in [2.45, 2.75) is 5.25 Å². The van der Waals surface area contributed by atoms with Gasteiger partial charge in [0.25, 0.3) is 0 Å². The van der Waals surface area contributed by atoms with E-state index in [4.69, 9.17) is 0 Å². The molecule has 1 fully saturated rings. The smallest absolute Gasteiger partial charge is 0 e. The van der Waals surface area contributed by atoms with Gasteiger partial charge in [-0.2, -0.15) is 12.6 Å². The Hall–Kier alpha value is 0.972. The van der Waals surface area contributed by atoms with Gasteiger partial charge in [0.2, 0.25) is 0 Å². The summed E-state index contributed by atoms with van der Waals surface area (Å²) < 4.78 is 0. The summed E-state index contributed by atoms with van der Waals surface area (Å²) in [4.78, 5) is 0. The first-order valence-electron chi connectivity index (χ1n) is 1.71. The minimum absolute atomic E-state index is 0. The van der Waals surface area contributed by atoms with E-state index in [9.17, 15) is 0 Å². The Balaban J connectivity index is 0.000000250. The van der Waals surface area contributed by atoms with E-state index in [1.54, 1.807) is 0 Å². The molecule has 0 aromatic rings. The van der Waals surface area contributed by atoms with E-state index in [1.807, 2.05) is 0 Å². The fourth-order valence-corrected chi connectivity index (χ4v) is 0.476. The van der Waals surface area contributed by atoms with Crippen molar-refractivity contribution in [2.24, 2.45) is 0 Å². The molecule has 1 rings (SSSR count). The van der Waals surface area contributed by atoms with Crippen LogP contribution >= 0.6 is 12.6 Å². The largest absolute Gasteiger partial charge is 0.661 e. The second-order valence-electron chi connectivity index (χ2n) is 1.24. The van der Waals surface area contributed by atoms with Crippen LogP contribution in [0.5, 0.6) is 0 Å². The molecule has 0 N–H and O–H groups in total. The molecule has 0 atom stereocenters. The third-order valence-electron chi connectivity index (χ3n) is 0.680. The molecule has 1 aliphatic rings. The molecule has 1 radical (unpaired) electrons. The Kier molecular flexibility index (Phi) is 3.53. The first kappa shape index (κ1) is 6.97. The molecule has 0 bridgehead atoms. The number of hydrogen-bond donors (Lipinski definition) is 1. The van der Waals surface area contributed by atoms with E-state index in [1.165, 1.54) is 0 Å². The molecule has 3 heteroatoms. The van der Waals surface area contributed by atoms with Crippen LogP contribution in [0, 0.1) is 0 Å². The van der Waals surface area contributed by atoms with E-state index in [0.29, 0.717) is 5.25 Å². The summed E-state index contributed by atoms with van der Waals surface area (Å²) in [6.45, 7) is 1.95. The van der Waals surface area contributed by atoms with Crippen LogP contribution in [0.1, 0.15) is 0 Å². The second kappa shape index (κ2) is 3.04. The SMILES string of the molecule is SC1C[N-]C1.[Re]. The molecule has 1 saturated heterocycles. The number of rotatable bonds is 0. The van der Waals surface area contributed by atoms with E-state index in [-0.39, 0.29) is 20.4 Å². The second-order valence-corrected chi connectivity index (χ2v) is 1.97. The summed E-state index contributed by atoms with van der Waals surface area (Å²) >= 11 is 4.09. The molecule has 0 unspecified atom stereocenters. The van der Waals surface area contributed by atoms with Crippen LogP contribution in [0.15, 0.2) is 0 Å². The molecule has 1 aliphatic heterocycles. The van der Waals surface area contributed by atoms with Crippen LogP contribution in [-0.4, -0.2) is 18.3 Å². The molecule has 6 heavy (non-hydrogen) atoms. The van der Waals surface area contributed by atoms with E-state index in [0.717, 1.165) is 13.1 Å². The predicted octanol–water partition coefficient (Wildman–Crippen LogP) is 0.670. The molecule has 0 amide bonds. The molecule has 1 heterocycles. The normalized spacial score (nSPS) is 21.5. The first-order chi connectivity index (χ1) is 2.39. The monoisotopic (exact) mass is 275 g/mol. The summed E-state index contributed by atoms with van der Waals surface area (Å²) in [7, 11) is 0. The average Bonchev–Trinajstić information content (AvgIpc) is 1.30. The summed E-state index contributed by atoms with van der Waals surface area (Å²) in [5, 5.41) is 4.51. The minimum atomic E-state index is 0. The molecule has 0 spiro atoms. The van der Waals surface area contributed by atoms with Gasteiger partial charge in [-0.1, -0.05) is 0 Å². The van der Waals surface area contributed by atoms with Crippen molar-refractivity contribution in [2.75, 3.05) is 13.1 Å². The fraction of sp³-hybridized carbons (Fsp3) is 1.00. The van der Waals surface area contributed by atoms with Crippen LogP contribution in [-0.2, 0) is 20.4 Å². The Labute approximate surface area is 56.9 Å². The average molecular weight is 274 g/mol. The van der Waals surface area contributed by atoms with Gasteiger partial charge in [0.1, 0.15) is 0 Å². The van der Waals surface area contributed by atoms with Crippen LogP contribution in [0.2, 0.25) is 0 Å². The van der Waals surface area contributed by atoms with Crippen LogP contribution in [0.4, 0.5) is 0 Å². The Morgan fingerprint density at radius 2 is 1.83 bits per heavy atom. The Bertz CT molecular complexity index is 37.8. The predicted molar refractivity (Wildman–Crippen MR) is 25.9 cm³/mol. The van der Waals surface area contributed by atoms with Crippen molar-refractivity contribution in [3.63, 3.8) is 0 Å². The van der Waals surface area contributed by atoms with Gasteiger partial charge in [0, 0.05) is 20.4 Å². The van der Waals surface area contributed by atoms with Gasteiger partial charge in [0.05, 0.1) is 0 Å². The van der Waals surface area contributed by atoms with Crippen molar-refractivity contribution in [3.05, 3.63) is 5.32 Å². The zero-order valence-electron chi connectivity index (χ0n) is 3.26. The van der Waals surface area contributed by atoms with Gasteiger partial charge in [-0.05, 0) is 5.25 Å². The maximum Gasteiger partial charge on any atom is 0 e. The third-order valence-corrected chi connectivity index (χ3v) is 1.01. The molecule has 1 nitrogen and oxygen atoms in total. The number of nitrogens with zero attached hydrogens (tertiary/aromatic N) is 1. The van der Waals surface area contributed by atoms with Crippen molar-refractivity contribution in [1.82, 2.24) is 0 Å². The standard InChI is InChI=1S/C3H6NS.Re/c5-3-1-4-2-3;/h3,5H,1-2H2;/q-1;. The summed E-state index contributed by atoms with van der Waals surface area (Å²) in [6, 6.07) is 0. The Morgan fingerprint density at radius 3 is 1.83 bits per heavy atom. The molecular formula is C3H6NReS-. The van der Waals surface area contributed by atoms with Crippen molar-refractivity contribution >= 4 is 12.6 Å². The zero-order chi connectivity index (χ0) is 3.70. The summed E-state index contributed by atoms with van der Waals surface area (Å²) in [5.74, 6) is 0. The third kappa shape index (κ3) is 1.61. The van der Waals surface area contributed by atoms with Crippen molar-refractivity contribution in [3.8, 4) is 0 Å². The Morgan fingerprint density at radius 1 is 1.50 bits per heavy atom. The minimum Gasteiger partial charge on any atom is -0.661 e. The van der Waals surface area contributed by atoms with Crippen LogP contribution < -0.4 is 0 Å². The maximum absolute atomic E-state index is 4.09. The number of hydrogen-bond acceptors (Lipinski definition) is 1. The van der Waals surface area contributed by atoms with E-state index >= 15 is 0 Å². The van der Waals surface area contributed by atoms with Gasteiger partial charge in [-0.25, -0.2) is 0 Å². The molecular weight excluding hydrogens is 268 g/mol. The fourth-order valence-electron chi connectivity index (χ4n) is 0.245. The van der Waals surface area contributed by atoms with E-state index < -0.39 is 0 Å². The molecule has 0 aromatic heterocycles. The molecule has 0 saturated carbocycles. The van der Waals surface area contributed by atoms with Gasteiger partial charge in [0.15, 0.2) is 0 Å².